The van der Waals surface area contributed by atoms with Crippen molar-refractivity contribution in [3.05, 3.63) is 69.7 Å². The highest BCUT2D eigenvalue weighted by Gasteiger charge is 2.27. The molecule has 1 aliphatic carbocycles. The molecule has 1 aliphatic rings. The van der Waals surface area contributed by atoms with Crippen LogP contribution >= 0.6 is 11.6 Å². The molecule has 1 saturated carbocycles. The molecule has 142 valence electrons. The van der Waals surface area contributed by atoms with Crippen LogP contribution in [-0.2, 0) is 6.54 Å². The van der Waals surface area contributed by atoms with E-state index < -0.39 is 0 Å². The van der Waals surface area contributed by atoms with Gasteiger partial charge in [-0.1, -0.05) is 17.7 Å². The Bertz CT molecular complexity index is 1090. The Labute approximate surface area is 167 Å². The number of pyridine rings is 1. The fourth-order valence-corrected chi connectivity index (χ4v) is 3.31. The summed E-state index contributed by atoms with van der Waals surface area (Å²) in [6.45, 7) is 1.98. The van der Waals surface area contributed by atoms with E-state index in [2.05, 4.69) is 15.4 Å². The summed E-state index contributed by atoms with van der Waals surface area (Å²) in [6.07, 6.45) is 5.46. The molecule has 3 aromatic rings. The van der Waals surface area contributed by atoms with Gasteiger partial charge >= 0.3 is 0 Å². The van der Waals surface area contributed by atoms with Gasteiger partial charge in [0, 0.05) is 35.2 Å². The van der Waals surface area contributed by atoms with Gasteiger partial charge in [0.2, 0.25) is 0 Å². The van der Waals surface area contributed by atoms with Gasteiger partial charge in [-0.3, -0.25) is 14.6 Å². The fraction of sp³-hybridized carbons (Fsp3) is 0.238. The third-order valence-electron chi connectivity index (χ3n) is 4.68. The molecule has 0 saturated heterocycles. The monoisotopic (exact) mass is 394 g/mol. The summed E-state index contributed by atoms with van der Waals surface area (Å²) in [5, 5.41) is 8.20. The number of ketones is 1. The second-order valence-electron chi connectivity index (χ2n) is 6.96. The van der Waals surface area contributed by atoms with Gasteiger partial charge in [0.15, 0.2) is 5.78 Å². The molecule has 6 nitrogen and oxygen atoms in total. The second-order valence-corrected chi connectivity index (χ2v) is 7.39. The molecule has 0 amide bonds. The smallest absolute Gasteiger partial charge is 0.291 e. The number of nitrogens with one attached hydrogen (secondary N) is 1. The van der Waals surface area contributed by atoms with Gasteiger partial charge in [-0.15, -0.1) is 0 Å². The molecule has 0 spiro atoms. The standard InChI is InChI=1S/C21H19ClN4O2/c1-13(27)18-19(15-7-9-23-10-8-15)25-26(12-14-5-6-14)21(28)20(18)24-17-4-2-3-16(22)11-17/h2-4,7-11,14,24H,5-6,12H2,1H3. The molecule has 0 radical (unpaired) electrons. The van der Waals surface area contributed by atoms with Gasteiger partial charge in [-0.2, -0.15) is 5.10 Å². The van der Waals surface area contributed by atoms with Gasteiger partial charge in [-0.05, 0) is 56.0 Å². The van der Waals surface area contributed by atoms with Gasteiger partial charge in [-0.25, -0.2) is 4.68 Å². The summed E-state index contributed by atoms with van der Waals surface area (Å²) in [4.78, 5) is 29.7. The zero-order valence-electron chi connectivity index (χ0n) is 15.4. The van der Waals surface area contributed by atoms with E-state index in [0.29, 0.717) is 28.9 Å². The summed E-state index contributed by atoms with van der Waals surface area (Å²) in [5.74, 6) is 0.220. The number of hydrogen-bond acceptors (Lipinski definition) is 5. The largest absolute Gasteiger partial charge is 0.350 e. The first-order valence-corrected chi connectivity index (χ1v) is 9.50. The summed E-state index contributed by atoms with van der Waals surface area (Å²) >= 11 is 6.08. The van der Waals surface area contributed by atoms with Crippen LogP contribution < -0.4 is 10.9 Å². The molecular formula is C21H19ClN4O2. The van der Waals surface area contributed by atoms with Gasteiger partial charge in [0.1, 0.15) is 11.4 Å². The predicted octanol–water partition coefficient (Wildman–Crippen LogP) is 4.31. The SMILES string of the molecule is CC(=O)c1c(-c2ccncc2)nn(CC2CC2)c(=O)c1Nc1cccc(Cl)c1. The number of anilines is 2. The summed E-state index contributed by atoms with van der Waals surface area (Å²) in [6, 6.07) is 10.6. The highest BCUT2D eigenvalue weighted by Crippen LogP contribution is 2.32. The maximum absolute atomic E-state index is 13.2. The van der Waals surface area contributed by atoms with E-state index in [4.69, 9.17) is 11.6 Å². The van der Waals surface area contributed by atoms with Gasteiger partial charge in [0.05, 0.1) is 5.56 Å². The number of halogens is 1. The lowest BCUT2D eigenvalue weighted by Crippen LogP contribution is -2.29. The summed E-state index contributed by atoms with van der Waals surface area (Å²) in [7, 11) is 0. The molecule has 7 heteroatoms. The van der Waals surface area contributed by atoms with Crippen LogP contribution in [0, 0.1) is 5.92 Å². The number of carbonyl (C=O) groups is 1. The zero-order chi connectivity index (χ0) is 19.7. The van der Waals surface area contributed by atoms with Crippen LogP contribution in [0.3, 0.4) is 0 Å². The van der Waals surface area contributed by atoms with Crippen LogP contribution in [0.1, 0.15) is 30.1 Å². The maximum atomic E-state index is 13.2. The van der Waals surface area contributed by atoms with Crippen LogP contribution in [0.4, 0.5) is 11.4 Å². The first-order valence-electron chi connectivity index (χ1n) is 9.12. The molecule has 4 rings (SSSR count). The number of hydrogen-bond donors (Lipinski definition) is 1. The van der Waals surface area contributed by atoms with Gasteiger partial charge in [0.25, 0.3) is 5.56 Å². The first kappa shape index (κ1) is 18.4. The van der Waals surface area contributed by atoms with E-state index in [1.54, 1.807) is 48.8 Å². The molecule has 2 aromatic heterocycles. The number of nitrogens with zero attached hydrogens (tertiary/aromatic N) is 3. The number of benzene rings is 1. The number of rotatable bonds is 6. The van der Waals surface area contributed by atoms with Crippen molar-refractivity contribution in [3.8, 4) is 11.3 Å². The Kier molecular flexibility index (Phi) is 4.96. The third-order valence-corrected chi connectivity index (χ3v) is 4.92. The molecule has 2 heterocycles. The Morgan fingerprint density at radius 1 is 1.25 bits per heavy atom. The molecule has 1 fully saturated rings. The highest BCUT2D eigenvalue weighted by molar-refractivity contribution is 6.30. The van der Waals surface area contributed by atoms with Crippen LogP contribution in [0.25, 0.3) is 11.3 Å². The molecule has 0 bridgehead atoms. The van der Waals surface area contributed by atoms with Crippen LogP contribution in [-0.4, -0.2) is 20.5 Å². The molecule has 1 N–H and O–H groups in total. The van der Waals surface area contributed by atoms with Crippen molar-refractivity contribution in [1.29, 1.82) is 0 Å². The van der Waals surface area contributed by atoms with Crippen molar-refractivity contribution in [2.24, 2.45) is 5.92 Å². The van der Waals surface area contributed by atoms with E-state index in [1.807, 2.05) is 0 Å². The topological polar surface area (TPSA) is 76.9 Å². The molecule has 28 heavy (non-hydrogen) atoms. The minimum absolute atomic E-state index is 0.220. The Balaban J connectivity index is 1.93. The molecule has 0 aliphatic heterocycles. The molecule has 1 aromatic carbocycles. The van der Waals surface area contributed by atoms with Crippen LogP contribution in [0.2, 0.25) is 5.02 Å². The van der Waals surface area contributed by atoms with E-state index in [9.17, 15) is 9.59 Å². The van der Waals surface area contributed by atoms with Crippen molar-refractivity contribution in [1.82, 2.24) is 14.8 Å². The Hall–Kier alpha value is -2.99. The summed E-state index contributed by atoms with van der Waals surface area (Å²) < 4.78 is 1.47. The molecule has 0 atom stereocenters. The summed E-state index contributed by atoms with van der Waals surface area (Å²) in [5.41, 5.74) is 2.02. The van der Waals surface area contributed by atoms with E-state index in [-0.39, 0.29) is 22.6 Å². The predicted molar refractivity (Wildman–Crippen MR) is 109 cm³/mol. The highest BCUT2D eigenvalue weighted by atomic mass is 35.5. The van der Waals surface area contributed by atoms with E-state index in [1.165, 1.54) is 11.6 Å². The second kappa shape index (κ2) is 7.56. The maximum Gasteiger partial charge on any atom is 0.291 e. The van der Waals surface area contributed by atoms with Crippen molar-refractivity contribution in [3.63, 3.8) is 0 Å². The lowest BCUT2D eigenvalue weighted by atomic mass is 10.0. The van der Waals surface area contributed by atoms with Crippen molar-refractivity contribution in [2.75, 3.05) is 5.32 Å². The van der Waals surface area contributed by atoms with Crippen LogP contribution in [0.5, 0.6) is 0 Å². The van der Waals surface area contributed by atoms with Crippen molar-refractivity contribution >= 4 is 28.8 Å². The zero-order valence-corrected chi connectivity index (χ0v) is 16.1. The first-order chi connectivity index (χ1) is 13.5. The fourth-order valence-electron chi connectivity index (χ4n) is 3.12. The van der Waals surface area contributed by atoms with Crippen molar-refractivity contribution in [2.45, 2.75) is 26.3 Å². The Morgan fingerprint density at radius 3 is 2.64 bits per heavy atom. The third kappa shape index (κ3) is 3.82. The van der Waals surface area contributed by atoms with Gasteiger partial charge < -0.3 is 5.32 Å². The quantitative estimate of drug-likeness (QED) is 0.630. The minimum atomic E-state index is -0.310. The number of carbonyl (C=O) groups excluding carboxylic acids is 1. The van der Waals surface area contributed by atoms with E-state index >= 15 is 0 Å². The van der Waals surface area contributed by atoms with Crippen molar-refractivity contribution < 1.29 is 4.79 Å². The number of aromatic nitrogens is 3. The van der Waals surface area contributed by atoms with Crippen LogP contribution in [0.15, 0.2) is 53.6 Å². The van der Waals surface area contributed by atoms with E-state index in [0.717, 1.165) is 18.4 Å². The molecule has 0 unspecified atom stereocenters. The molecular weight excluding hydrogens is 376 g/mol. The Morgan fingerprint density at radius 2 is 2.00 bits per heavy atom. The number of Topliss-reactive ketones (excluding diaryl/α,β-unsaturated/α-hetero) is 1. The lowest BCUT2D eigenvalue weighted by molar-refractivity contribution is 0.101. The average Bonchev–Trinajstić information content (AvgIpc) is 3.49. The average molecular weight is 395 g/mol. The minimum Gasteiger partial charge on any atom is -0.350 e. The normalized spacial score (nSPS) is 13.4. The lowest BCUT2D eigenvalue weighted by Gasteiger charge is -2.16.